The van der Waals surface area contributed by atoms with E-state index in [0.717, 1.165) is 18.5 Å². The maximum absolute atomic E-state index is 13.3. The second kappa shape index (κ2) is 5.70. The highest BCUT2D eigenvalue weighted by molar-refractivity contribution is 5.71. The number of hydrogen-bond donors (Lipinski definition) is 1. The van der Waals surface area contributed by atoms with Crippen LogP contribution in [0.25, 0.3) is 0 Å². The lowest BCUT2D eigenvalue weighted by atomic mass is 9.99. The minimum absolute atomic E-state index is 0.0995. The lowest BCUT2D eigenvalue weighted by Crippen LogP contribution is -2.27. The van der Waals surface area contributed by atoms with E-state index in [1.165, 1.54) is 6.07 Å². The topological polar surface area (TPSA) is 40.5 Å². The van der Waals surface area contributed by atoms with Gasteiger partial charge in [0.1, 0.15) is 5.82 Å². The number of carboxylic acid groups (broad SMARTS) is 1. The summed E-state index contributed by atoms with van der Waals surface area (Å²) in [5.41, 5.74) is 0.931. The largest absolute Gasteiger partial charge is 0.481 e. The van der Waals surface area contributed by atoms with E-state index < -0.39 is 5.97 Å². The Morgan fingerprint density at radius 1 is 1.53 bits per heavy atom. The van der Waals surface area contributed by atoms with Gasteiger partial charge in [-0.05, 0) is 30.0 Å². The van der Waals surface area contributed by atoms with E-state index in [-0.39, 0.29) is 23.7 Å². The monoisotopic (exact) mass is 265 g/mol. The number of rotatable bonds is 4. The summed E-state index contributed by atoms with van der Waals surface area (Å²) in [5.74, 6) is -1.15. The molecule has 3 nitrogen and oxygen atoms in total. The molecule has 4 heteroatoms. The van der Waals surface area contributed by atoms with Crippen LogP contribution < -0.4 is 0 Å². The number of likely N-dealkylation sites (tertiary alicyclic amines) is 1. The predicted molar refractivity (Wildman–Crippen MR) is 71.3 cm³/mol. The summed E-state index contributed by atoms with van der Waals surface area (Å²) >= 11 is 0. The van der Waals surface area contributed by atoms with E-state index >= 15 is 0 Å². The molecule has 1 fully saturated rings. The van der Waals surface area contributed by atoms with Crippen molar-refractivity contribution >= 4 is 5.97 Å². The van der Waals surface area contributed by atoms with E-state index in [9.17, 15) is 14.3 Å². The van der Waals surface area contributed by atoms with Crippen LogP contribution in [0.4, 0.5) is 4.39 Å². The van der Waals surface area contributed by atoms with Gasteiger partial charge in [-0.15, -0.1) is 0 Å². The highest BCUT2D eigenvalue weighted by atomic mass is 19.1. The molecular formula is C15H20FNO2. The first kappa shape index (κ1) is 14.0. The molecule has 1 unspecified atom stereocenters. The summed E-state index contributed by atoms with van der Waals surface area (Å²) < 4.78 is 13.3. The van der Waals surface area contributed by atoms with Gasteiger partial charge in [-0.25, -0.2) is 4.39 Å². The number of aliphatic carboxylic acids is 1. The lowest BCUT2D eigenvalue weighted by Gasteiger charge is -2.27. The summed E-state index contributed by atoms with van der Waals surface area (Å²) in [6, 6.07) is 6.70. The average molecular weight is 265 g/mol. The first-order valence-corrected chi connectivity index (χ1v) is 6.75. The van der Waals surface area contributed by atoms with Crippen LogP contribution in [0, 0.1) is 17.7 Å². The molecule has 0 bridgehead atoms. The fraction of sp³-hybridized carbons (Fsp3) is 0.533. The Balaban J connectivity index is 2.18. The first-order valence-electron chi connectivity index (χ1n) is 6.75. The van der Waals surface area contributed by atoms with E-state index in [1.807, 2.05) is 19.9 Å². The van der Waals surface area contributed by atoms with E-state index in [4.69, 9.17) is 0 Å². The average Bonchev–Trinajstić information content (AvgIpc) is 2.72. The molecule has 0 amide bonds. The molecule has 3 atom stereocenters. The molecule has 1 heterocycles. The third-order valence-corrected chi connectivity index (χ3v) is 4.02. The normalized spacial score (nSPS) is 25.4. The fourth-order valence-electron chi connectivity index (χ4n) is 3.00. The molecule has 1 N–H and O–H groups in total. The zero-order valence-corrected chi connectivity index (χ0v) is 11.3. The Morgan fingerprint density at radius 2 is 2.26 bits per heavy atom. The molecular weight excluding hydrogens is 245 g/mol. The van der Waals surface area contributed by atoms with Crippen LogP contribution in [0.15, 0.2) is 24.3 Å². The SMILES string of the molecule is CCC(c1cccc(F)c1)N1C[C@@H](C)[C@H](C(=O)O)C1. The second-order valence-electron chi connectivity index (χ2n) is 5.35. The van der Waals surface area contributed by atoms with Gasteiger partial charge in [0.25, 0.3) is 0 Å². The molecule has 1 aliphatic heterocycles. The Labute approximate surface area is 113 Å². The van der Waals surface area contributed by atoms with Crippen LogP contribution in [-0.2, 0) is 4.79 Å². The summed E-state index contributed by atoms with van der Waals surface area (Å²) in [6.07, 6.45) is 0.850. The lowest BCUT2D eigenvalue weighted by molar-refractivity contribution is -0.142. The minimum atomic E-state index is -0.732. The summed E-state index contributed by atoms with van der Waals surface area (Å²) in [7, 11) is 0. The second-order valence-corrected chi connectivity index (χ2v) is 5.35. The smallest absolute Gasteiger partial charge is 0.308 e. The van der Waals surface area contributed by atoms with Crippen LogP contribution in [-0.4, -0.2) is 29.1 Å². The molecule has 0 aliphatic carbocycles. The van der Waals surface area contributed by atoms with E-state index in [0.29, 0.717) is 6.54 Å². The van der Waals surface area contributed by atoms with Gasteiger partial charge in [-0.2, -0.15) is 0 Å². The summed E-state index contributed by atoms with van der Waals surface area (Å²) in [5, 5.41) is 9.18. The molecule has 1 aliphatic rings. The van der Waals surface area contributed by atoms with Crippen molar-refractivity contribution in [1.82, 2.24) is 4.90 Å². The van der Waals surface area contributed by atoms with Gasteiger partial charge in [-0.3, -0.25) is 9.69 Å². The van der Waals surface area contributed by atoms with Crippen molar-refractivity contribution in [3.8, 4) is 0 Å². The van der Waals surface area contributed by atoms with Crippen molar-refractivity contribution in [1.29, 1.82) is 0 Å². The highest BCUT2D eigenvalue weighted by Crippen LogP contribution is 2.33. The Kier molecular flexibility index (Phi) is 4.20. The minimum Gasteiger partial charge on any atom is -0.481 e. The number of carbonyl (C=O) groups is 1. The maximum Gasteiger partial charge on any atom is 0.308 e. The van der Waals surface area contributed by atoms with Gasteiger partial charge >= 0.3 is 5.97 Å². The van der Waals surface area contributed by atoms with Crippen molar-refractivity contribution in [3.05, 3.63) is 35.6 Å². The molecule has 0 radical (unpaired) electrons. The first-order chi connectivity index (χ1) is 9.02. The van der Waals surface area contributed by atoms with Gasteiger partial charge in [0.05, 0.1) is 5.92 Å². The molecule has 2 rings (SSSR count). The number of benzene rings is 1. The maximum atomic E-state index is 13.3. The Bertz CT molecular complexity index is 463. The number of carboxylic acids is 1. The van der Waals surface area contributed by atoms with Gasteiger partial charge in [0.15, 0.2) is 0 Å². The third-order valence-electron chi connectivity index (χ3n) is 4.02. The van der Waals surface area contributed by atoms with Crippen LogP contribution in [0.1, 0.15) is 31.9 Å². The number of hydrogen-bond acceptors (Lipinski definition) is 2. The number of halogens is 1. The number of nitrogens with zero attached hydrogens (tertiary/aromatic N) is 1. The van der Waals surface area contributed by atoms with Gasteiger partial charge in [0.2, 0.25) is 0 Å². The third kappa shape index (κ3) is 2.95. The summed E-state index contributed by atoms with van der Waals surface area (Å²) in [4.78, 5) is 13.3. The molecule has 0 spiro atoms. The van der Waals surface area contributed by atoms with Gasteiger partial charge < -0.3 is 5.11 Å². The predicted octanol–water partition coefficient (Wildman–Crippen LogP) is 2.93. The Hall–Kier alpha value is -1.42. The zero-order chi connectivity index (χ0) is 14.0. The quantitative estimate of drug-likeness (QED) is 0.910. The van der Waals surface area contributed by atoms with Crippen LogP contribution in [0.3, 0.4) is 0 Å². The molecule has 1 saturated heterocycles. The molecule has 104 valence electrons. The zero-order valence-electron chi connectivity index (χ0n) is 11.3. The fourth-order valence-corrected chi connectivity index (χ4v) is 3.00. The van der Waals surface area contributed by atoms with Crippen LogP contribution >= 0.6 is 0 Å². The van der Waals surface area contributed by atoms with Gasteiger partial charge in [0, 0.05) is 19.1 Å². The molecule has 1 aromatic rings. The van der Waals surface area contributed by atoms with Crippen molar-refractivity contribution in [2.75, 3.05) is 13.1 Å². The standard InChI is InChI=1S/C15H20FNO2/c1-3-14(11-5-4-6-12(16)7-11)17-8-10(2)13(9-17)15(18)19/h4-7,10,13-14H,3,8-9H2,1-2H3,(H,18,19)/t10-,13-,14?/m1/s1. The van der Waals surface area contributed by atoms with Crippen LogP contribution in [0.2, 0.25) is 0 Å². The summed E-state index contributed by atoms with van der Waals surface area (Å²) in [6.45, 7) is 5.32. The molecule has 19 heavy (non-hydrogen) atoms. The van der Waals surface area contributed by atoms with Crippen molar-refractivity contribution in [3.63, 3.8) is 0 Å². The molecule has 0 saturated carbocycles. The Morgan fingerprint density at radius 3 is 2.79 bits per heavy atom. The van der Waals surface area contributed by atoms with Crippen LogP contribution in [0.5, 0.6) is 0 Å². The van der Waals surface area contributed by atoms with Crippen molar-refractivity contribution in [2.24, 2.45) is 11.8 Å². The molecule has 0 aromatic heterocycles. The van der Waals surface area contributed by atoms with Crippen molar-refractivity contribution < 1.29 is 14.3 Å². The van der Waals surface area contributed by atoms with Crippen molar-refractivity contribution in [2.45, 2.75) is 26.3 Å². The van der Waals surface area contributed by atoms with Gasteiger partial charge in [-0.1, -0.05) is 26.0 Å². The molecule has 1 aromatic carbocycles. The van der Waals surface area contributed by atoms with E-state index in [2.05, 4.69) is 4.90 Å². The van der Waals surface area contributed by atoms with E-state index in [1.54, 1.807) is 12.1 Å². The highest BCUT2D eigenvalue weighted by Gasteiger charge is 2.37.